The average Bonchev–Trinajstić information content (AvgIpc) is 2.65. The number of hydrogen-bond donors (Lipinski definition) is 2. The van der Waals surface area contributed by atoms with E-state index in [0.29, 0.717) is 6.04 Å². The molecule has 0 radical (unpaired) electrons. The van der Waals surface area contributed by atoms with Crippen LogP contribution >= 0.6 is 0 Å². The van der Waals surface area contributed by atoms with E-state index in [-0.39, 0.29) is 6.61 Å². The van der Waals surface area contributed by atoms with Crippen LogP contribution in [0.25, 0.3) is 0 Å². The highest BCUT2D eigenvalue weighted by Gasteiger charge is 2.11. The van der Waals surface area contributed by atoms with Crippen LogP contribution in [0.1, 0.15) is 49.7 Å². The van der Waals surface area contributed by atoms with Crippen LogP contribution in [-0.2, 0) is 13.2 Å². The number of nitrogens with one attached hydrogen (secondary N) is 1. The van der Waals surface area contributed by atoms with Crippen molar-refractivity contribution in [3.05, 3.63) is 35.4 Å². The van der Waals surface area contributed by atoms with Gasteiger partial charge in [0.2, 0.25) is 0 Å². The lowest BCUT2D eigenvalue weighted by molar-refractivity contribution is 0.280. The molecule has 2 N–H and O–H groups in total. The topological polar surface area (TPSA) is 32.3 Å². The van der Waals surface area contributed by atoms with Gasteiger partial charge in [-0.15, -0.1) is 0 Å². The van der Waals surface area contributed by atoms with E-state index < -0.39 is 0 Å². The Bertz CT molecular complexity index is 329. The molecular weight excluding hydrogens is 210 g/mol. The summed E-state index contributed by atoms with van der Waals surface area (Å²) >= 11 is 0. The first-order valence-corrected chi connectivity index (χ1v) is 6.81. The molecule has 1 saturated carbocycles. The molecule has 0 aromatic heterocycles. The lowest BCUT2D eigenvalue weighted by Gasteiger charge is -2.17. The molecule has 0 spiro atoms. The van der Waals surface area contributed by atoms with Crippen LogP contribution in [0.5, 0.6) is 0 Å². The van der Waals surface area contributed by atoms with Crippen LogP contribution in [0.2, 0.25) is 0 Å². The van der Waals surface area contributed by atoms with Crippen LogP contribution in [0.15, 0.2) is 24.3 Å². The fourth-order valence-corrected chi connectivity index (χ4v) is 2.62. The van der Waals surface area contributed by atoms with Gasteiger partial charge in [-0.1, -0.05) is 49.9 Å². The molecule has 0 saturated heterocycles. The maximum absolute atomic E-state index is 9.27. The number of aliphatic hydroxyl groups excluding tert-OH is 1. The van der Waals surface area contributed by atoms with Crippen molar-refractivity contribution < 1.29 is 5.11 Å². The second-order valence-electron chi connectivity index (χ2n) is 5.00. The van der Waals surface area contributed by atoms with E-state index in [0.717, 1.165) is 12.1 Å². The summed E-state index contributed by atoms with van der Waals surface area (Å²) in [6.45, 7) is 1.03. The van der Waals surface area contributed by atoms with Crippen molar-refractivity contribution in [1.29, 1.82) is 0 Å². The molecule has 1 fully saturated rings. The van der Waals surface area contributed by atoms with Crippen LogP contribution < -0.4 is 5.32 Å². The Hall–Kier alpha value is -0.860. The minimum atomic E-state index is 0.141. The van der Waals surface area contributed by atoms with Gasteiger partial charge >= 0.3 is 0 Å². The van der Waals surface area contributed by atoms with E-state index in [2.05, 4.69) is 11.4 Å². The van der Waals surface area contributed by atoms with Crippen LogP contribution in [-0.4, -0.2) is 11.1 Å². The standard InChI is InChI=1S/C15H23NO/c17-12-14-8-6-5-7-13(14)11-16-15-9-3-1-2-4-10-15/h5-8,15-17H,1-4,9-12H2. The third kappa shape index (κ3) is 3.83. The summed E-state index contributed by atoms with van der Waals surface area (Å²) in [5.41, 5.74) is 2.29. The summed E-state index contributed by atoms with van der Waals surface area (Å²) in [6, 6.07) is 8.81. The fourth-order valence-electron chi connectivity index (χ4n) is 2.62. The lowest BCUT2D eigenvalue weighted by Crippen LogP contribution is -2.28. The molecular formula is C15H23NO. The quantitative estimate of drug-likeness (QED) is 0.784. The van der Waals surface area contributed by atoms with E-state index in [4.69, 9.17) is 0 Å². The van der Waals surface area contributed by atoms with Gasteiger partial charge in [0.25, 0.3) is 0 Å². The van der Waals surface area contributed by atoms with Crippen molar-refractivity contribution in [2.24, 2.45) is 0 Å². The van der Waals surface area contributed by atoms with Gasteiger partial charge in [-0.3, -0.25) is 0 Å². The molecule has 2 nitrogen and oxygen atoms in total. The molecule has 2 heteroatoms. The number of rotatable bonds is 4. The SMILES string of the molecule is OCc1ccccc1CNC1CCCCCC1. The molecule has 17 heavy (non-hydrogen) atoms. The molecule has 1 aromatic rings. The highest BCUT2D eigenvalue weighted by molar-refractivity contribution is 5.26. The largest absolute Gasteiger partial charge is 0.392 e. The van der Waals surface area contributed by atoms with Gasteiger partial charge < -0.3 is 10.4 Å². The van der Waals surface area contributed by atoms with Crippen molar-refractivity contribution in [3.63, 3.8) is 0 Å². The van der Waals surface area contributed by atoms with E-state index in [9.17, 15) is 5.11 Å². The van der Waals surface area contributed by atoms with E-state index >= 15 is 0 Å². The Kier molecular flexibility index (Phi) is 5.02. The molecule has 2 rings (SSSR count). The molecule has 0 unspecified atom stereocenters. The Balaban J connectivity index is 1.87. The average molecular weight is 233 g/mol. The molecule has 0 heterocycles. The van der Waals surface area contributed by atoms with Gasteiger partial charge in [0.1, 0.15) is 0 Å². The van der Waals surface area contributed by atoms with Gasteiger partial charge in [0.15, 0.2) is 0 Å². The Labute approximate surface area is 104 Å². The smallest absolute Gasteiger partial charge is 0.0685 e. The van der Waals surface area contributed by atoms with E-state index in [1.54, 1.807) is 0 Å². The first kappa shape index (κ1) is 12.6. The molecule has 94 valence electrons. The lowest BCUT2D eigenvalue weighted by atomic mass is 10.1. The zero-order chi connectivity index (χ0) is 11.9. The third-order valence-corrected chi connectivity index (χ3v) is 3.73. The summed E-state index contributed by atoms with van der Waals surface area (Å²) in [6.07, 6.45) is 8.12. The van der Waals surface area contributed by atoms with Gasteiger partial charge in [0.05, 0.1) is 6.61 Å². The second-order valence-corrected chi connectivity index (χ2v) is 5.00. The van der Waals surface area contributed by atoms with Crippen molar-refractivity contribution in [2.75, 3.05) is 0 Å². The molecule has 1 aliphatic rings. The van der Waals surface area contributed by atoms with E-state index in [1.165, 1.54) is 44.1 Å². The molecule has 0 aliphatic heterocycles. The maximum Gasteiger partial charge on any atom is 0.0685 e. The minimum absolute atomic E-state index is 0.141. The maximum atomic E-state index is 9.27. The van der Waals surface area contributed by atoms with Crippen molar-refractivity contribution in [1.82, 2.24) is 5.32 Å². The monoisotopic (exact) mass is 233 g/mol. The predicted octanol–water partition coefficient (Wildman–Crippen LogP) is 2.99. The molecule has 1 aliphatic carbocycles. The minimum Gasteiger partial charge on any atom is -0.392 e. The Morgan fingerprint density at radius 2 is 1.65 bits per heavy atom. The molecule has 1 aromatic carbocycles. The predicted molar refractivity (Wildman–Crippen MR) is 70.7 cm³/mol. The highest BCUT2D eigenvalue weighted by Crippen LogP contribution is 2.18. The Morgan fingerprint density at radius 3 is 2.29 bits per heavy atom. The second kappa shape index (κ2) is 6.77. The molecule has 0 bridgehead atoms. The zero-order valence-corrected chi connectivity index (χ0v) is 10.5. The van der Waals surface area contributed by atoms with Crippen LogP contribution in [0.4, 0.5) is 0 Å². The van der Waals surface area contributed by atoms with Crippen LogP contribution in [0, 0.1) is 0 Å². The fraction of sp³-hybridized carbons (Fsp3) is 0.600. The van der Waals surface area contributed by atoms with E-state index in [1.807, 2.05) is 18.2 Å². The van der Waals surface area contributed by atoms with Crippen molar-refractivity contribution >= 4 is 0 Å². The zero-order valence-electron chi connectivity index (χ0n) is 10.5. The molecule has 0 amide bonds. The number of benzene rings is 1. The molecule has 0 atom stereocenters. The van der Waals surface area contributed by atoms with Gasteiger partial charge in [-0.25, -0.2) is 0 Å². The summed E-state index contributed by atoms with van der Waals surface area (Å²) in [5.74, 6) is 0. The first-order chi connectivity index (χ1) is 8.40. The van der Waals surface area contributed by atoms with Crippen molar-refractivity contribution in [3.8, 4) is 0 Å². The first-order valence-electron chi connectivity index (χ1n) is 6.81. The number of aliphatic hydroxyl groups is 1. The third-order valence-electron chi connectivity index (χ3n) is 3.73. The highest BCUT2D eigenvalue weighted by atomic mass is 16.3. The van der Waals surface area contributed by atoms with Gasteiger partial charge in [0, 0.05) is 12.6 Å². The van der Waals surface area contributed by atoms with Gasteiger partial charge in [-0.05, 0) is 24.0 Å². The normalized spacial score (nSPS) is 17.9. The van der Waals surface area contributed by atoms with Crippen LogP contribution in [0.3, 0.4) is 0 Å². The van der Waals surface area contributed by atoms with Crippen molar-refractivity contribution in [2.45, 2.75) is 57.7 Å². The van der Waals surface area contributed by atoms with Gasteiger partial charge in [-0.2, -0.15) is 0 Å². The number of hydrogen-bond acceptors (Lipinski definition) is 2. The summed E-state index contributed by atoms with van der Waals surface area (Å²) in [4.78, 5) is 0. The summed E-state index contributed by atoms with van der Waals surface area (Å²) in [7, 11) is 0. The summed E-state index contributed by atoms with van der Waals surface area (Å²) in [5, 5.41) is 12.9. The Morgan fingerprint density at radius 1 is 1.00 bits per heavy atom. The summed E-state index contributed by atoms with van der Waals surface area (Å²) < 4.78 is 0.